The maximum Gasteiger partial charge on any atom is 0.234 e. The fourth-order valence-corrected chi connectivity index (χ4v) is 7.65. The molecule has 1 saturated heterocycles. The number of sulfone groups is 1. The topological polar surface area (TPSA) is 76.1 Å². The van der Waals surface area contributed by atoms with Gasteiger partial charge >= 0.3 is 0 Å². The molecule has 1 fully saturated rings. The zero-order valence-electron chi connectivity index (χ0n) is 15.3. The lowest BCUT2D eigenvalue weighted by Gasteiger charge is -2.08. The number of aryl methyl sites for hydroxylation is 1. The number of hydrogen-bond acceptors (Lipinski definition) is 6. The van der Waals surface area contributed by atoms with Crippen LogP contribution < -0.4 is 5.32 Å². The molecule has 2 heterocycles. The van der Waals surface area contributed by atoms with E-state index in [2.05, 4.69) is 29.4 Å². The van der Waals surface area contributed by atoms with Crippen LogP contribution >= 0.6 is 23.1 Å². The Hall–Kier alpha value is -1.90. The first-order chi connectivity index (χ1) is 13.4. The first kappa shape index (κ1) is 19.4. The molecule has 1 N–H and O–H groups in total. The second-order valence-corrected chi connectivity index (χ2v) is 11.5. The standard InChI is InChI=1S/C20H20N2O3S3/c1-13-2-7-17-18(10-13)27-20(22-17)14-3-5-15(6-4-14)21-19(23)11-26-16-8-9-28(24,25)12-16/h2-7,10,16H,8-9,11-12H2,1H3,(H,21,23). The Kier molecular flexibility index (Phi) is 5.44. The van der Waals surface area contributed by atoms with Crippen LogP contribution in [0.25, 0.3) is 20.8 Å². The summed E-state index contributed by atoms with van der Waals surface area (Å²) in [7, 11) is -2.90. The monoisotopic (exact) mass is 432 g/mol. The number of fused-ring (bicyclic) bond motifs is 1. The predicted octanol–water partition coefficient (Wildman–Crippen LogP) is 4.13. The Bertz CT molecular complexity index is 1120. The van der Waals surface area contributed by atoms with E-state index in [0.29, 0.717) is 6.42 Å². The highest BCUT2D eigenvalue weighted by molar-refractivity contribution is 8.02. The van der Waals surface area contributed by atoms with Gasteiger partial charge < -0.3 is 5.32 Å². The summed E-state index contributed by atoms with van der Waals surface area (Å²) < 4.78 is 24.1. The van der Waals surface area contributed by atoms with Crippen molar-refractivity contribution in [3.8, 4) is 10.6 Å². The van der Waals surface area contributed by atoms with E-state index < -0.39 is 9.84 Å². The molecule has 0 saturated carbocycles. The molecule has 1 aliphatic rings. The molecule has 146 valence electrons. The molecule has 0 radical (unpaired) electrons. The van der Waals surface area contributed by atoms with E-state index >= 15 is 0 Å². The number of carbonyl (C=O) groups excluding carboxylic acids is 1. The molecule has 1 unspecified atom stereocenters. The summed E-state index contributed by atoms with van der Waals surface area (Å²) in [4.78, 5) is 16.8. The lowest BCUT2D eigenvalue weighted by molar-refractivity contribution is -0.113. The van der Waals surface area contributed by atoms with Gasteiger partial charge in [-0.25, -0.2) is 13.4 Å². The number of nitrogens with zero attached hydrogens (tertiary/aromatic N) is 1. The lowest BCUT2D eigenvalue weighted by Crippen LogP contribution is -2.17. The van der Waals surface area contributed by atoms with Crippen molar-refractivity contribution in [1.29, 1.82) is 0 Å². The summed E-state index contributed by atoms with van der Waals surface area (Å²) in [5.74, 6) is 0.567. The molecule has 0 spiro atoms. The van der Waals surface area contributed by atoms with Crippen LogP contribution in [0.1, 0.15) is 12.0 Å². The average molecular weight is 433 g/mol. The van der Waals surface area contributed by atoms with Crippen molar-refractivity contribution >= 4 is 54.7 Å². The van der Waals surface area contributed by atoms with Gasteiger partial charge in [-0.3, -0.25) is 4.79 Å². The molecular weight excluding hydrogens is 412 g/mol. The number of amides is 1. The van der Waals surface area contributed by atoms with Gasteiger partial charge in [0.1, 0.15) is 5.01 Å². The van der Waals surface area contributed by atoms with E-state index in [9.17, 15) is 13.2 Å². The van der Waals surface area contributed by atoms with E-state index in [-0.39, 0.29) is 28.4 Å². The highest BCUT2D eigenvalue weighted by Gasteiger charge is 2.28. The van der Waals surface area contributed by atoms with E-state index in [1.165, 1.54) is 22.0 Å². The van der Waals surface area contributed by atoms with E-state index in [4.69, 9.17) is 0 Å². The van der Waals surface area contributed by atoms with Crippen molar-refractivity contribution < 1.29 is 13.2 Å². The Balaban J connectivity index is 1.36. The van der Waals surface area contributed by atoms with Crippen LogP contribution in [0.5, 0.6) is 0 Å². The van der Waals surface area contributed by atoms with Crippen molar-refractivity contribution in [3.05, 3.63) is 48.0 Å². The number of rotatable bonds is 5. The highest BCUT2D eigenvalue weighted by Crippen LogP contribution is 2.31. The zero-order valence-corrected chi connectivity index (χ0v) is 17.8. The van der Waals surface area contributed by atoms with Crippen molar-refractivity contribution in [1.82, 2.24) is 4.98 Å². The molecule has 3 aromatic rings. The van der Waals surface area contributed by atoms with Crippen LogP contribution in [-0.2, 0) is 14.6 Å². The lowest BCUT2D eigenvalue weighted by atomic mass is 10.2. The molecule has 1 aromatic heterocycles. The van der Waals surface area contributed by atoms with Gasteiger partial charge in [0, 0.05) is 16.5 Å². The molecule has 4 rings (SSSR count). The van der Waals surface area contributed by atoms with Gasteiger partial charge in [-0.15, -0.1) is 23.1 Å². The van der Waals surface area contributed by atoms with E-state index in [0.717, 1.165) is 21.8 Å². The zero-order chi connectivity index (χ0) is 19.7. The van der Waals surface area contributed by atoms with Gasteiger partial charge in [-0.05, 0) is 55.3 Å². The molecule has 1 aliphatic heterocycles. The first-order valence-electron chi connectivity index (χ1n) is 8.97. The molecule has 2 aromatic carbocycles. The number of carbonyl (C=O) groups is 1. The van der Waals surface area contributed by atoms with Crippen molar-refractivity contribution in [2.75, 3.05) is 22.6 Å². The number of hydrogen-bond donors (Lipinski definition) is 1. The van der Waals surface area contributed by atoms with Crippen molar-refractivity contribution in [2.45, 2.75) is 18.6 Å². The fourth-order valence-electron chi connectivity index (χ4n) is 3.13. The normalized spacial score (nSPS) is 18.4. The summed E-state index contributed by atoms with van der Waals surface area (Å²) in [6, 6.07) is 13.9. The van der Waals surface area contributed by atoms with Gasteiger partial charge in [0.2, 0.25) is 5.91 Å². The number of nitrogens with one attached hydrogen (secondary N) is 1. The number of benzene rings is 2. The summed E-state index contributed by atoms with van der Waals surface area (Å²) in [6.07, 6.45) is 0.636. The number of thioether (sulfide) groups is 1. The minimum atomic E-state index is -2.90. The summed E-state index contributed by atoms with van der Waals surface area (Å²) in [5.41, 5.74) is 3.95. The van der Waals surface area contributed by atoms with Gasteiger partial charge in [-0.2, -0.15) is 0 Å². The minimum Gasteiger partial charge on any atom is -0.325 e. The third-order valence-corrected chi connectivity index (χ3v) is 8.95. The Morgan fingerprint density at radius 3 is 2.75 bits per heavy atom. The average Bonchev–Trinajstić information content (AvgIpc) is 3.23. The van der Waals surface area contributed by atoms with E-state index in [1.54, 1.807) is 11.3 Å². The second-order valence-electron chi connectivity index (χ2n) is 6.95. The Morgan fingerprint density at radius 2 is 2.04 bits per heavy atom. The summed E-state index contributed by atoms with van der Waals surface area (Å²) in [6.45, 7) is 2.07. The molecule has 8 heteroatoms. The maximum atomic E-state index is 12.1. The maximum absolute atomic E-state index is 12.1. The van der Waals surface area contributed by atoms with Gasteiger partial charge in [0.05, 0.1) is 27.5 Å². The van der Waals surface area contributed by atoms with Crippen LogP contribution in [0.3, 0.4) is 0 Å². The Labute approximate surface area is 172 Å². The van der Waals surface area contributed by atoms with E-state index in [1.807, 2.05) is 30.3 Å². The van der Waals surface area contributed by atoms with Crippen molar-refractivity contribution in [3.63, 3.8) is 0 Å². The molecule has 28 heavy (non-hydrogen) atoms. The predicted molar refractivity (Wildman–Crippen MR) is 118 cm³/mol. The summed E-state index contributed by atoms with van der Waals surface area (Å²) in [5, 5.41) is 3.86. The molecule has 1 atom stereocenters. The highest BCUT2D eigenvalue weighted by atomic mass is 32.2. The van der Waals surface area contributed by atoms with Crippen LogP contribution in [0.15, 0.2) is 42.5 Å². The third kappa shape index (κ3) is 4.56. The number of aromatic nitrogens is 1. The van der Waals surface area contributed by atoms with Crippen LogP contribution in [0.2, 0.25) is 0 Å². The van der Waals surface area contributed by atoms with Crippen molar-refractivity contribution in [2.24, 2.45) is 0 Å². The first-order valence-corrected chi connectivity index (χ1v) is 12.7. The van der Waals surface area contributed by atoms with Crippen LogP contribution in [0, 0.1) is 6.92 Å². The Morgan fingerprint density at radius 1 is 1.25 bits per heavy atom. The minimum absolute atomic E-state index is 0.0285. The second kappa shape index (κ2) is 7.85. The fraction of sp³-hybridized carbons (Fsp3) is 0.300. The van der Waals surface area contributed by atoms with Crippen LogP contribution in [-0.4, -0.2) is 41.8 Å². The largest absolute Gasteiger partial charge is 0.325 e. The van der Waals surface area contributed by atoms with Crippen LogP contribution in [0.4, 0.5) is 5.69 Å². The smallest absolute Gasteiger partial charge is 0.234 e. The third-order valence-electron chi connectivity index (χ3n) is 4.60. The molecule has 1 amide bonds. The molecule has 0 bridgehead atoms. The number of thiazole rings is 1. The van der Waals surface area contributed by atoms with Gasteiger partial charge in [0.25, 0.3) is 0 Å². The van der Waals surface area contributed by atoms with Gasteiger partial charge in [0.15, 0.2) is 9.84 Å². The van der Waals surface area contributed by atoms with Gasteiger partial charge in [-0.1, -0.05) is 6.07 Å². The SMILES string of the molecule is Cc1ccc2nc(-c3ccc(NC(=O)CSC4CCS(=O)(=O)C4)cc3)sc2c1. The molecule has 0 aliphatic carbocycles. The number of anilines is 1. The summed E-state index contributed by atoms with van der Waals surface area (Å²) >= 11 is 3.07. The molecule has 5 nitrogen and oxygen atoms in total. The quantitative estimate of drug-likeness (QED) is 0.656. The molecular formula is C20H20N2O3S3.